The van der Waals surface area contributed by atoms with Gasteiger partial charge in [-0.05, 0) is 0 Å². The Kier molecular flexibility index (Phi) is 5.58. The second-order valence-corrected chi connectivity index (χ2v) is 14.0. The standard InChI is InChI=1S/C11H9.3C2H4O2.Pb/c1-9-6-7-10-4-2-3-5-11(10)8-9;3*1-2(3)4;/h2-7H,1H3;3*1H3,(H,3,4);/q;;;;+3/p-3. The third-order valence-corrected chi connectivity index (χ3v) is 14.7. The van der Waals surface area contributed by atoms with Crippen LogP contribution in [0.5, 0.6) is 0 Å². The van der Waals surface area contributed by atoms with Crippen LogP contribution in [0.2, 0.25) is 0 Å². The van der Waals surface area contributed by atoms with Crippen LogP contribution in [0.4, 0.5) is 0 Å². The molecule has 6 nitrogen and oxygen atoms in total. The Labute approximate surface area is 146 Å². The molecule has 0 aromatic heterocycles. The number of fused-ring (bicyclic) bond motifs is 1. The zero-order valence-corrected chi connectivity index (χ0v) is 17.8. The van der Waals surface area contributed by atoms with Crippen molar-refractivity contribution >= 4 is 54.3 Å². The number of benzene rings is 2. The molecular formula is C17H18O6Pb. The molecule has 7 heteroatoms. The van der Waals surface area contributed by atoms with Crippen LogP contribution in [0.15, 0.2) is 36.4 Å². The van der Waals surface area contributed by atoms with Gasteiger partial charge in [-0.1, -0.05) is 0 Å². The van der Waals surface area contributed by atoms with Gasteiger partial charge in [-0.3, -0.25) is 0 Å². The summed E-state index contributed by atoms with van der Waals surface area (Å²) in [5.41, 5.74) is 0.735. The summed E-state index contributed by atoms with van der Waals surface area (Å²) in [4.78, 5) is 35.1. The molecule has 0 unspecified atom stereocenters. The minimum atomic E-state index is -5.23. The number of hydrogen-bond acceptors (Lipinski definition) is 6. The van der Waals surface area contributed by atoms with Gasteiger partial charge >= 0.3 is 146 Å². The van der Waals surface area contributed by atoms with Crippen molar-refractivity contribution in [3.8, 4) is 0 Å². The average Bonchev–Trinajstić information content (AvgIpc) is 2.44. The Balaban J connectivity index is 2.83. The first-order chi connectivity index (χ1) is 11.2. The quantitative estimate of drug-likeness (QED) is 0.569. The predicted molar refractivity (Wildman–Crippen MR) is 89.4 cm³/mol. The van der Waals surface area contributed by atoms with E-state index in [1.165, 1.54) is 20.8 Å². The number of rotatable bonds is 4. The number of carbonyl (C=O) groups is 3. The fourth-order valence-electron chi connectivity index (χ4n) is 2.57. The first kappa shape index (κ1) is 18.4. The van der Waals surface area contributed by atoms with Crippen molar-refractivity contribution in [2.45, 2.75) is 27.7 Å². The summed E-state index contributed by atoms with van der Waals surface area (Å²) in [6.45, 7) is 5.39. The van der Waals surface area contributed by atoms with E-state index in [2.05, 4.69) is 0 Å². The van der Waals surface area contributed by atoms with E-state index in [0.29, 0.717) is 3.12 Å². The Morgan fingerprint density at radius 3 is 1.79 bits per heavy atom. The van der Waals surface area contributed by atoms with Gasteiger partial charge in [0.15, 0.2) is 0 Å². The maximum absolute atomic E-state index is 11.7. The third-order valence-electron chi connectivity index (χ3n) is 3.28. The van der Waals surface area contributed by atoms with E-state index in [0.717, 1.165) is 16.3 Å². The average molecular weight is 526 g/mol. The van der Waals surface area contributed by atoms with Gasteiger partial charge in [-0.25, -0.2) is 0 Å². The van der Waals surface area contributed by atoms with Crippen molar-refractivity contribution in [3.63, 3.8) is 0 Å². The summed E-state index contributed by atoms with van der Waals surface area (Å²) in [6.07, 6.45) is 0. The normalized spacial score (nSPS) is 11.0. The molecule has 0 aliphatic rings. The SMILES string of the molecule is CC(=O)[O][Pb]([O]C(C)=O)([O]C(C)=O)[c]1c(C)ccc2ccccc12. The molecule has 0 heterocycles. The van der Waals surface area contributed by atoms with Gasteiger partial charge in [-0.2, -0.15) is 0 Å². The Bertz CT molecular complexity index is 773. The first-order valence-corrected chi connectivity index (χ1v) is 14.0. The predicted octanol–water partition coefficient (Wildman–Crippen LogP) is 1.98. The molecule has 2 aromatic rings. The second-order valence-electron chi connectivity index (χ2n) is 5.32. The van der Waals surface area contributed by atoms with Crippen molar-refractivity contribution in [1.82, 2.24) is 0 Å². The summed E-state index contributed by atoms with van der Waals surface area (Å²) in [5.74, 6) is -1.98. The number of aryl methyl sites for hydroxylation is 1. The summed E-state index contributed by atoms with van der Waals surface area (Å²) < 4.78 is 16.8. The summed E-state index contributed by atoms with van der Waals surface area (Å²) in [5, 5.41) is 1.61. The van der Waals surface area contributed by atoms with E-state index >= 15 is 0 Å². The molecular weight excluding hydrogens is 507 g/mol. The van der Waals surface area contributed by atoms with Crippen molar-refractivity contribution in [3.05, 3.63) is 42.0 Å². The zero-order chi connectivity index (χ0) is 17.9. The van der Waals surface area contributed by atoms with E-state index in [1.54, 1.807) is 6.92 Å². The Morgan fingerprint density at radius 2 is 1.29 bits per heavy atom. The van der Waals surface area contributed by atoms with Crippen LogP contribution in [0.25, 0.3) is 10.8 Å². The van der Waals surface area contributed by atoms with Crippen LogP contribution < -0.4 is 3.12 Å². The zero-order valence-electron chi connectivity index (χ0n) is 13.9. The molecule has 0 bridgehead atoms. The van der Waals surface area contributed by atoms with Crippen molar-refractivity contribution in [2.24, 2.45) is 0 Å². The molecule has 24 heavy (non-hydrogen) atoms. The molecule has 0 spiro atoms. The van der Waals surface area contributed by atoms with Crippen LogP contribution in [0.1, 0.15) is 26.3 Å². The van der Waals surface area contributed by atoms with Gasteiger partial charge in [-0.15, -0.1) is 0 Å². The van der Waals surface area contributed by atoms with Crippen LogP contribution in [-0.4, -0.2) is 40.4 Å². The molecule has 0 saturated carbocycles. The summed E-state index contributed by atoms with van der Waals surface area (Å²) >= 11 is -5.23. The Hall–Kier alpha value is -1.97. The van der Waals surface area contributed by atoms with Gasteiger partial charge in [0, 0.05) is 0 Å². The van der Waals surface area contributed by atoms with E-state index in [9.17, 15) is 14.4 Å². The van der Waals surface area contributed by atoms with Crippen molar-refractivity contribution < 1.29 is 22.4 Å². The van der Waals surface area contributed by atoms with Crippen molar-refractivity contribution in [2.75, 3.05) is 0 Å². The van der Waals surface area contributed by atoms with E-state index < -0.39 is 40.4 Å². The van der Waals surface area contributed by atoms with E-state index in [-0.39, 0.29) is 0 Å². The van der Waals surface area contributed by atoms with E-state index in [4.69, 9.17) is 8.06 Å². The van der Waals surface area contributed by atoms with Gasteiger partial charge in [0.2, 0.25) is 0 Å². The molecule has 0 aliphatic heterocycles. The molecule has 0 N–H and O–H groups in total. The second kappa shape index (κ2) is 7.29. The molecule has 126 valence electrons. The van der Waals surface area contributed by atoms with Crippen LogP contribution in [0.3, 0.4) is 0 Å². The molecule has 0 amide bonds. The van der Waals surface area contributed by atoms with Gasteiger partial charge in [0.25, 0.3) is 0 Å². The third kappa shape index (κ3) is 3.92. The maximum atomic E-state index is 11.7. The first-order valence-electron chi connectivity index (χ1n) is 7.33. The topological polar surface area (TPSA) is 78.9 Å². The van der Waals surface area contributed by atoms with Crippen LogP contribution in [0, 0.1) is 6.92 Å². The fraction of sp³-hybridized carbons (Fsp3) is 0.235. The van der Waals surface area contributed by atoms with Gasteiger partial charge in [0.1, 0.15) is 0 Å². The molecule has 0 fully saturated rings. The number of carbonyl (C=O) groups excluding carboxylic acids is 3. The summed E-state index contributed by atoms with van der Waals surface area (Å²) in [6, 6.07) is 11.1. The van der Waals surface area contributed by atoms with Crippen molar-refractivity contribution in [1.29, 1.82) is 0 Å². The molecule has 0 radical (unpaired) electrons. The molecule has 2 aromatic carbocycles. The van der Waals surface area contributed by atoms with Crippen LogP contribution in [-0.2, 0) is 22.4 Å². The monoisotopic (exact) mass is 526 g/mol. The van der Waals surface area contributed by atoms with Gasteiger partial charge < -0.3 is 0 Å². The Morgan fingerprint density at radius 1 is 0.792 bits per heavy atom. The number of hydrogen-bond donors (Lipinski definition) is 0. The molecule has 0 atom stereocenters. The van der Waals surface area contributed by atoms with E-state index in [1.807, 2.05) is 36.4 Å². The molecule has 2 rings (SSSR count). The fourth-order valence-corrected chi connectivity index (χ4v) is 13.0. The van der Waals surface area contributed by atoms with Gasteiger partial charge in [0.05, 0.1) is 0 Å². The minimum absolute atomic E-state index is 0.515. The molecule has 0 aliphatic carbocycles. The van der Waals surface area contributed by atoms with Crippen LogP contribution >= 0.6 is 0 Å². The summed E-state index contributed by atoms with van der Waals surface area (Å²) in [7, 11) is 0. The molecule has 0 saturated heterocycles.